The Morgan fingerprint density at radius 1 is 1.21 bits per heavy atom. The van der Waals surface area contributed by atoms with Crippen molar-refractivity contribution in [3.05, 3.63) is 64.8 Å². The summed E-state index contributed by atoms with van der Waals surface area (Å²) in [6.07, 6.45) is 3.20. The van der Waals surface area contributed by atoms with Crippen LogP contribution in [0.3, 0.4) is 0 Å². The Kier molecular flexibility index (Phi) is 4.06. The molecule has 0 bridgehead atoms. The number of benzene rings is 1. The average molecular weight is 341 g/mol. The molecule has 0 spiro atoms. The molecule has 0 radical (unpaired) electrons. The Morgan fingerprint density at radius 3 is 2.79 bits per heavy atom. The minimum Gasteiger partial charge on any atom is -0.361 e. The van der Waals surface area contributed by atoms with Crippen molar-refractivity contribution in [1.29, 1.82) is 0 Å². The summed E-state index contributed by atoms with van der Waals surface area (Å²) in [4.78, 5) is 0. The molecule has 6 heteroatoms. The highest BCUT2D eigenvalue weighted by molar-refractivity contribution is 7.83. The second-order valence-electron chi connectivity index (χ2n) is 6.13. The highest BCUT2D eigenvalue weighted by Gasteiger charge is 2.24. The number of hydrogen-bond donors (Lipinski definition) is 0. The van der Waals surface area contributed by atoms with E-state index in [0.29, 0.717) is 11.5 Å². The van der Waals surface area contributed by atoms with Gasteiger partial charge >= 0.3 is 0 Å². The highest BCUT2D eigenvalue weighted by atomic mass is 32.2. The Bertz CT molecular complexity index is 883. The highest BCUT2D eigenvalue weighted by Crippen LogP contribution is 2.28. The van der Waals surface area contributed by atoms with E-state index in [1.807, 2.05) is 35.9 Å². The molecule has 3 aromatic rings. The molecular formula is C18H19N3O2S. The molecule has 1 unspecified atom stereocenters. The fourth-order valence-corrected chi connectivity index (χ4v) is 4.37. The normalized spacial score (nSPS) is 14.7. The van der Waals surface area contributed by atoms with Gasteiger partial charge in [0.25, 0.3) is 0 Å². The van der Waals surface area contributed by atoms with Crippen molar-refractivity contribution in [2.75, 3.05) is 0 Å². The van der Waals surface area contributed by atoms with Crippen LogP contribution < -0.4 is 0 Å². The molecule has 1 aliphatic rings. The monoisotopic (exact) mass is 341 g/mol. The number of nitrogens with zero attached hydrogens (tertiary/aromatic N) is 3. The van der Waals surface area contributed by atoms with Gasteiger partial charge < -0.3 is 4.52 Å². The summed E-state index contributed by atoms with van der Waals surface area (Å²) in [5.41, 5.74) is 5.32. The van der Waals surface area contributed by atoms with Crippen LogP contribution in [-0.2, 0) is 35.1 Å². The maximum atomic E-state index is 12.5. The quantitative estimate of drug-likeness (QED) is 0.715. The summed E-state index contributed by atoms with van der Waals surface area (Å²) in [6.45, 7) is 1.84. The molecule has 1 aromatic carbocycles. The summed E-state index contributed by atoms with van der Waals surface area (Å²) in [5, 5.41) is 8.70. The minimum atomic E-state index is -1.04. The zero-order valence-electron chi connectivity index (χ0n) is 13.6. The van der Waals surface area contributed by atoms with Gasteiger partial charge in [0.05, 0.1) is 28.6 Å². The largest absolute Gasteiger partial charge is 0.361 e. The molecule has 124 valence electrons. The Balaban J connectivity index is 1.59. The van der Waals surface area contributed by atoms with Crippen LogP contribution in [-0.4, -0.2) is 19.1 Å². The van der Waals surface area contributed by atoms with Crippen molar-refractivity contribution < 1.29 is 8.73 Å². The van der Waals surface area contributed by atoms with Gasteiger partial charge in [0.2, 0.25) is 0 Å². The summed E-state index contributed by atoms with van der Waals surface area (Å²) < 4.78 is 19.6. The van der Waals surface area contributed by atoms with E-state index in [1.54, 1.807) is 0 Å². The molecule has 5 nitrogen and oxygen atoms in total. The fraction of sp³-hybridized carbons (Fsp3) is 0.333. The second-order valence-corrected chi connectivity index (χ2v) is 7.59. The molecular weight excluding hydrogens is 322 g/mol. The van der Waals surface area contributed by atoms with E-state index in [9.17, 15) is 4.21 Å². The average Bonchev–Trinajstić information content (AvgIpc) is 3.27. The molecule has 0 fully saturated rings. The van der Waals surface area contributed by atoms with Gasteiger partial charge in [-0.15, -0.1) is 0 Å². The van der Waals surface area contributed by atoms with Gasteiger partial charge in [-0.05, 0) is 43.9 Å². The molecule has 1 atom stereocenters. The summed E-state index contributed by atoms with van der Waals surface area (Å²) in [7, 11) is -1.04. The van der Waals surface area contributed by atoms with Gasteiger partial charge in [-0.3, -0.25) is 4.21 Å². The van der Waals surface area contributed by atoms with Crippen LogP contribution in [0.15, 0.2) is 40.9 Å². The van der Waals surface area contributed by atoms with Crippen LogP contribution in [0.4, 0.5) is 0 Å². The van der Waals surface area contributed by atoms with E-state index >= 15 is 0 Å². The van der Waals surface area contributed by atoms with Crippen LogP contribution in [0.1, 0.15) is 34.8 Å². The molecule has 0 saturated heterocycles. The number of fused-ring (bicyclic) bond motifs is 1. The zero-order chi connectivity index (χ0) is 16.5. The Hall–Kier alpha value is -2.21. The molecule has 4 rings (SSSR count). The van der Waals surface area contributed by atoms with Crippen molar-refractivity contribution in [2.24, 2.45) is 0 Å². The van der Waals surface area contributed by atoms with Crippen molar-refractivity contribution in [1.82, 2.24) is 14.9 Å². The standard InChI is InChI=1S/C18H19N3O2S/c1-13-10-14(20-23-13)11-24(22)12-17-16-8-5-9-18(16)21(19-17)15-6-3-2-4-7-15/h2-4,6-7,10H,5,8-9,11-12H2,1H3. The molecule has 0 N–H and O–H groups in total. The predicted octanol–water partition coefficient (Wildman–Crippen LogP) is 3.11. The first-order valence-corrected chi connectivity index (χ1v) is 9.62. The molecule has 0 saturated carbocycles. The first-order chi connectivity index (χ1) is 11.7. The smallest absolute Gasteiger partial charge is 0.133 e. The number of aryl methyl sites for hydroxylation is 1. The van der Waals surface area contributed by atoms with Crippen molar-refractivity contribution in [2.45, 2.75) is 37.7 Å². The van der Waals surface area contributed by atoms with E-state index in [0.717, 1.165) is 42.1 Å². The van der Waals surface area contributed by atoms with Crippen LogP contribution in [0.25, 0.3) is 5.69 Å². The minimum absolute atomic E-state index is 0.407. The lowest BCUT2D eigenvalue weighted by atomic mass is 10.2. The number of hydrogen-bond acceptors (Lipinski definition) is 4. The molecule has 24 heavy (non-hydrogen) atoms. The summed E-state index contributed by atoms with van der Waals surface area (Å²) in [5.74, 6) is 1.62. The van der Waals surface area contributed by atoms with Gasteiger partial charge in [-0.2, -0.15) is 5.10 Å². The fourth-order valence-electron chi connectivity index (χ4n) is 3.27. The molecule has 1 aliphatic carbocycles. The maximum Gasteiger partial charge on any atom is 0.133 e. The lowest BCUT2D eigenvalue weighted by molar-refractivity contribution is 0.392. The van der Waals surface area contributed by atoms with E-state index < -0.39 is 10.8 Å². The van der Waals surface area contributed by atoms with Gasteiger partial charge in [0.15, 0.2) is 0 Å². The van der Waals surface area contributed by atoms with Crippen LogP contribution in [0.2, 0.25) is 0 Å². The van der Waals surface area contributed by atoms with E-state index in [1.165, 1.54) is 11.3 Å². The predicted molar refractivity (Wildman–Crippen MR) is 92.4 cm³/mol. The lowest BCUT2D eigenvalue weighted by Crippen LogP contribution is -2.04. The lowest BCUT2D eigenvalue weighted by Gasteiger charge is -2.04. The summed E-state index contributed by atoms with van der Waals surface area (Å²) in [6, 6.07) is 12.0. The molecule has 0 aliphatic heterocycles. The molecule has 2 aromatic heterocycles. The van der Waals surface area contributed by atoms with E-state index in [2.05, 4.69) is 17.3 Å². The molecule has 2 heterocycles. The second kappa shape index (κ2) is 6.36. The Labute approximate surface area is 143 Å². The van der Waals surface area contributed by atoms with Crippen LogP contribution in [0.5, 0.6) is 0 Å². The number of para-hydroxylation sites is 1. The van der Waals surface area contributed by atoms with Crippen molar-refractivity contribution in [3.63, 3.8) is 0 Å². The van der Waals surface area contributed by atoms with E-state index in [4.69, 9.17) is 9.62 Å². The third-order valence-electron chi connectivity index (χ3n) is 4.30. The van der Waals surface area contributed by atoms with Gasteiger partial charge in [-0.1, -0.05) is 23.4 Å². The topological polar surface area (TPSA) is 60.9 Å². The van der Waals surface area contributed by atoms with Gasteiger partial charge in [0.1, 0.15) is 5.76 Å². The summed E-state index contributed by atoms with van der Waals surface area (Å²) >= 11 is 0. The number of aromatic nitrogens is 3. The first kappa shape index (κ1) is 15.3. The Morgan fingerprint density at radius 2 is 2.04 bits per heavy atom. The van der Waals surface area contributed by atoms with Crippen LogP contribution in [0, 0.1) is 6.92 Å². The maximum absolute atomic E-state index is 12.5. The zero-order valence-corrected chi connectivity index (χ0v) is 14.4. The van der Waals surface area contributed by atoms with Crippen LogP contribution >= 0.6 is 0 Å². The van der Waals surface area contributed by atoms with Gasteiger partial charge in [-0.25, -0.2) is 4.68 Å². The SMILES string of the molecule is Cc1cc(CS(=O)Cc2nn(-c3ccccc3)c3c2CCC3)no1. The third kappa shape index (κ3) is 2.94. The first-order valence-electron chi connectivity index (χ1n) is 8.13. The number of rotatable bonds is 5. The third-order valence-corrected chi connectivity index (χ3v) is 5.51. The van der Waals surface area contributed by atoms with Gasteiger partial charge in [0, 0.05) is 22.6 Å². The van der Waals surface area contributed by atoms with E-state index in [-0.39, 0.29) is 0 Å². The van der Waals surface area contributed by atoms with Crippen molar-refractivity contribution in [3.8, 4) is 5.69 Å². The molecule has 0 amide bonds. The van der Waals surface area contributed by atoms with Crippen molar-refractivity contribution >= 4 is 10.8 Å².